The Balaban J connectivity index is 1.41. The Morgan fingerprint density at radius 3 is 2.69 bits per heavy atom. The van der Waals surface area contributed by atoms with E-state index in [2.05, 4.69) is 4.98 Å². The van der Waals surface area contributed by atoms with Gasteiger partial charge in [0.05, 0.1) is 20.7 Å². The highest BCUT2D eigenvalue weighted by molar-refractivity contribution is 8.00. The van der Waals surface area contributed by atoms with Crippen molar-refractivity contribution in [1.29, 1.82) is 0 Å². The molecule has 8 heteroatoms. The number of thiazole rings is 1. The van der Waals surface area contributed by atoms with Gasteiger partial charge in [-0.1, -0.05) is 11.3 Å². The maximum atomic E-state index is 12.1. The Morgan fingerprint density at radius 1 is 1.10 bits per heavy atom. The number of hydrogen-bond donors (Lipinski definition) is 1. The fourth-order valence-corrected chi connectivity index (χ4v) is 8.46. The number of fused-ring (bicyclic) bond motifs is 6. The monoisotopic (exact) mass is 426 g/mol. The first-order valence-corrected chi connectivity index (χ1v) is 11.5. The lowest BCUT2D eigenvalue weighted by Gasteiger charge is -2.38. The summed E-state index contributed by atoms with van der Waals surface area (Å²) < 4.78 is 6.30. The Labute approximate surface area is 174 Å². The van der Waals surface area contributed by atoms with Gasteiger partial charge in [-0.05, 0) is 61.3 Å². The molecule has 3 aromatic rings. The minimum Gasteiger partial charge on any atom is -0.460 e. The molecule has 0 saturated heterocycles. The van der Waals surface area contributed by atoms with Crippen molar-refractivity contribution < 1.29 is 9.34 Å². The van der Waals surface area contributed by atoms with Crippen LogP contribution in [0, 0.1) is 27.9 Å². The number of thioether (sulfide) groups is 1. The number of aromatic amines is 1. The molecule has 1 N–H and O–H groups in total. The molecule has 2 bridgehead atoms. The second kappa shape index (κ2) is 6.34. The van der Waals surface area contributed by atoms with Crippen LogP contribution in [0.2, 0.25) is 0 Å². The van der Waals surface area contributed by atoms with E-state index < -0.39 is 4.92 Å². The van der Waals surface area contributed by atoms with Crippen LogP contribution in [0.5, 0.6) is 0 Å². The summed E-state index contributed by atoms with van der Waals surface area (Å²) in [6.07, 6.45) is 3.85. The molecule has 0 amide bonds. The van der Waals surface area contributed by atoms with Gasteiger partial charge in [0.1, 0.15) is 11.5 Å². The molecule has 148 valence electrons. The van der Waals surface area contributed by atoms with Crippen molar-refractivity contribution in [3.05, 3.63) is 66.8 Å². The fraction of sp³-hybridized carbons (Fsp3) is 0.381. The van der Waals surface area contributed by atoms with Gasteiger partial charge in [-0.25, -0.2) is 0 Å². The highest BCUT2D eigenvalue weighted by atomic mass is 32.2. The van der Waals surface area contributed by atoms with Crippen molar-refractivity contribution in [3.63, 3.8) is 0 Å². The van der Waals surface area contributed by atoms with Crippen molar-refractivity contribution in [1.82, 2.24) is 4.98 Å². The van der Waals surface area contributed by atoms with Gasteiger partial charge in [0.15, 0.2) is 0 Å². The summed E-state index contributed by atoms with van der Waals surface area (Å²) in [7, 11) is 0. The highest BCUT2D eigenvalue weighted by Crippen LogP contribution is 2.63. The van der Waals surface area contributed by atoms with Crippen molar-refractivity contribution in [2.75, 3.05) is 0 Å². The number of benzene rings is 1. The number of furan rings is 1. The molecule has 1 aromatic carbocycles. The number of non-ortho nitro benzene ring substituents is 1. The number of nitro groups is 1. The van der Waals surface area contributed by atoms with Crippen LogP contribution in [0.3, 0.4) is 0 Å². The Morgan fingerprint density at radius 2 is 1.90 bits per heavy atom. The topological polar surface area (TPSA) is 89.1 Å². The van der Waals surface area contributed by atoms with E-state index in [4.69, 9.17) is 4.42 Å². The van der Waals surface area contributed by atoms with E-state index in [9.17, 15) is 14.9 Å². The molecular formula is C21H18N2O4S2. The van der Waals surface area contributed by atoms with Crippen molar-refractivity contribution >= 4 is 28.8 Å². The van der Waals surface area contributed by atoms with Crippen LogP contribution in [0.4, 0.5) is 5.69 Å². The second-order valence-electron chi connectivity index (χ2n) is 8.18. The largest absolute Gasteiger partial charge is 0.460 e. The third-order valence-electron chi connectivity index (χ3n) is 6.76. The normalized spacial score (nSPS) is 29.6. The number of H-pyrrole nitrogens is 1. The molecule has 6 rings (SSSR count). The average Bonchev–Trinajstić information content (AvgIpc) is 3.49. The zero-order valence-electron chi connectivity index (χ0n) is 15.4. The Bertz CT molecular complexity index is 1160. The molecule has 29 heavy (non-hydrogen) atoms. The van der Waals surface area contributed by atoms with E-state index in [1.165, 1.54) is 42.7 Å². The third kappa shape index (κ3) is 2.65. The SMILES string of the molecule is O=c1[nH]c2c(s1)[C@@H](c1ccc(-c3ccc([N+](=O)[O-])cc3)o1)[C@H]1[C@H]3CC[C@@H](C3)[C@@H]1S2. The number of nitrogens with zero attached hydrogens (tertiary/aromatic N) is 1. The molecule has 6 nitrogen and oxygen atoms in total. The number of rotatable bonds is 3. The fourth-order valence-electron chi connectivity index (χ4n) is 5.59. The van der Waals surface area contributed by atoms with E-state index in [1.807, 2.05) is 23.9 Å². The van der Waals surface area contributed by atoms with Gasteiger partial charge < -0.3 is 9.40 Å². The molecular weight excluding hydrogens is 408 g/mol. The van der Waals surface area contributed by atoms with Crippen molar-refractivity contribution in [2.24, 2.45) is 17.8 Å². The van der Waals surface area contributed by atoms with Gasteiger partial charge in [-0.3, -0.25) is 14.9 Å². The van der Waals surface area contributed by atoms with E-state index >= 15 is 0 Å². The zero-order valence-corrected chi connectivity index (χ0v) is 17.0. The average molecular weight is 427 g/mol. The summed E-state index contributed by atoms with van der Waals surface area (Å²) in [5, 5.41) is 12.5. The summed E-state index contributed by atoms with van der Waals surface area (Å²) in [4.78, 5) is 26.8. The number of hydrogen-bond acceptors (Lipinski definition) is 6. The molecule has 0 unspecified atom stereocenters. The van der Waals surface area contributed by atoms with Crippen molar-refractivity contribution in [3.8, 4) is 11.3 Å². The summed E-state index contributed by atoms with van der Waals surface area (Å²) in [5.74, 6) is 3.66. The van der Waals surface area contributed by atoms with Crippen LogP contribution in [0.15, 0.2) is 50.6 Å². The van der Waals surface area contributed by atoms with Crippen LogP contribution in [0.25, 0.3) is 11.3 Å². The third-order valence-corrected chi connectivity index (χ3v) is 9.38. The molecule has 2 aromatic heterocycles. The quantitative estimate of drug-likeness (QED) is 0.456. The van der Waals surface area contributed by atoms with Gasteiger partial charge in [0.2, 0.25) is 0 Å². The number of nitrogens with one attached hydrogen (secondary N) is 1. The molecule has 3 heterocycles. The van der Waals surface area contributed by atoms with Crippen molar-refractivity contribution in [2.45, 2.75) is 35.5 Å². The van der Waals surface area contributed by atoms with Crippen LogP contribution < -0.4 is 4.87 Å². The summed E-state index contributed by atoms with van der Waals surface area (Å²) in [6, 6.07) is 10.4. The van der Waals surface area contributed by atoms with Crippen LogP contribution in [0.1, 0.15) is 35.8 Å². The highest BCUT2D eigenvalue weighted by Gasteiger charge is 2.55. The minimum absolute atomic E-state index is 0.00182. The van der Waals surface area contributed by atoms with Gasteiger partial charge in [-0.2, -0.15) is 0 Å². The lowest BCUT2D eigenvalue weighted by molar-refractivity contribution is -0.384. The molecule has 2 fully saturated rings. The number of nitro benzene ring substituents is 1. The van der Waals surface area contributed by atoms with Gasteiger partial charge >= 0.3 is 4.87 Å². The lowest BCUT2D eigenvalue weighted by atomic mass is 9.77. The lowest BCUT2D eigenvalue weighted by Crippen LogP contribution is -2.33. The Kier molecular flexibility index (Phi) is 3.83. The predicted octanol–water partition coefficient (Wildman–Crippen LogP) is 5.26. The summed E-state index contributed by atoms with van der Waals surface area (Å²) >= 11 is 3.18. The molecule has 1 aliphatic heterocycles. The van der Waals surface area contributed by atoms with Gasteiger partial charge in [0.25, 0.3) is 5.69 Å². The molecule has 5 atom stereocenters. The second-order valence-corrected chi connectivity index (χ2v) is 10.4. The first kappa shape index (κ1) is 17.5. The molecule has 0 radical (unpaired) electrons. The van der Waals surface area contributed by atoms with Crippen LogP contribution in [-0.2, 0) is 0 Å². The molecule has 0 spiro atoms. The van der Waals surface area contributed by atoms with E-state index in [0.29, 0.717) is 22.8 Å². The van der Waals surface area contributed by atoms with Gasteiger partial charge in [-0.15, -0.1) is 11.8 Å². The van der Waals surface area contributed by atoms with Crippen LogP contribution in [-0.4, -0.2) is 15.2 Å². The predicted molar refractivity (Wildman–Crippen MR) is 112 cm³/mol. The summed E-state index contributed by atoms with van der Waals surface area (Å²) in [6.45, 7) is 0. The number of aromatic nitrogens is 1. The van der Waals surface area contributed by atoms with E-state index in [-0.39, 0.29) is 16.5 Å². The Hall–Kier alpha value is -2.32. The van der Waals surface area contributed by atoms with Crippen LogP contribution >= 0.6 is 23.1 Å². The maximum absolute atomic E-state index is 12.1. The first-order valence-electron chi connectivity index (χ1n) is 9.82. The van der Waals surface area contributed by atoms with Gasteiger partial charge in [0, 0.05) is 22.9 Å². The zero-order chi connectivity index (χ0) is 19.7. The molecule has 3 aliphatic rings. The van der Waals surface area contributed by atoms with E-state index in [1.54, 1.807) is 12.1 Å². The summed E-state index contributed by atoms with van der Waals surface area (Å²) in [5.41, 5.74) is 0.885. The molecule has 2 saturated carbocycles. The minimum atomic E-state index is -0.401. The smallest absolute Gasteiger partial charge is 0.305 e. The first-order chi connectivity index (χ1) is 14.1. The maximum Gasteiger partial charge on any atom is 0.305 e. The standard InChI is InChI=1S/C21H18N2O4S2/c24-21-22-20-19(29-21)17(16-11-1-2-12(9-11)18(16)28-20)15-8-7-14(27-15)10-3-5-13(6-4-10)23(25)26/h3-8,11-12,16-18H,1-2,9H2,(H,22,24)/t11-,12-,16+,17-,18-/m0/s1. The molecule has 2 aliphatic carbocycles. The van der Waals surface area contributed by atoms with E-state index in [0.717, 1.165) is 27.1 Å².